The molecule has 7 nitrogen and oxygen atoms in total. The van der Waals surface area contributed by atoms with Gasteiger partial charge >= 0.3 is 0 Å². The van der Waals surface area contributed by atoms with Crippen molar-refractivity contribution in [3.8, 4) is 0 Å². The van der Waals surface area contributed by atoms with Crippen LogP contribution in [0.2, 0.25) is 0 Å². The highest BCUT2D eigenvalue weighted by molar-refractivity contribution is 5.92. The van der Waals surface area contributed by atoms with E-state index >= 15 is 0 Å². The maximum Gasteiger partial charge on any atom is 0.272 e. The van der Waals surface area contributed by atoms with E-state index < -0.39 is 0 Å². The first-order valence-corrected chi connectivity index (χ1v) is 8.23. The number of hydrogen-bond donors (Lipinski definition) is 0. The summed E-state index contributed by atoms with van der Waals surface area (Å²) in [6.45, 7) is 9.96. The van der Waals surface area contributed by atoms with Gasteiger partial charge in [0.25, 0.3) is 5.91 Å². The van der Waals surface area contributed by atoms with Crippen LogP contribution in [-0.4, -0.2) is 48.4 Å². The van der Waals surface area contributed by atoms with Gasteiger partial charge in [0.2, 0.25) is 0 Å². The lowest BCUT2D eigenvalue weighted by Crippen LogP contribution is -2.42. The van der Waals surface area contributed by atoms with Crippen LogP contribution in [0, 0.1) is 20.8 Å². The van der Waals surface area contributed by atoms with Crippen molar-refractivity contribution >= 4 is 5.91 Å². The molecular weight excluding hydrogens is 292 g/mol. The Bertz CT molecular complexity index is 716. The number of piperidine rings is 1. The molecule has 2 aromatic rings. The summed E-state index contributed by atoms with van der Waals surface area (Å²) >= 11 is 0. The molecule has 1 fully saturated rings. The van der Waals surface area contributed by atoms with Gasteiger partial charge in [-0.2, -0.15) is 10.2 Å². The molecule has 1 aliphatic rings. The quantitative estimate of drug-likeness (QED) is 0.867. The van der Waals surface area contributed by atoms with E-state index in [-0.39, 0.29) is 11.9 Å². The van der Waals surface area contributed by atoms with Crippen LogP contribution in [0.25, 0.3) is 0 Å². The van der Waals surface area contributed by atoms with Crippen molar-refractivity contribution in [1.29, 1.82) is 0 Å². The molecule has 1 amide bonds. The Kier molecular flexibility index (Phi) is 4.19. The third kappa shape index (κ3) is 3.00. The fraction of sp³-hybridized carbons (Fsp3) is 0.625. The summed E-state index contributed by atoms with van der Waals surface area (Å²) in [6.07, 6.45) is 2.01. The summed E-state index contributed by atoms with van der Waals surface area (Å²) in [4.78, 5) is 19.2. The third-order valence-corrected chi connectivity index (χ3v) is 4.36. The van der Waals surface area contributed by atoms with Gasteiger partial charge in [-0.3, -0.25) is 9.48 Å². The smallest absolute Gasteiger partial charge is 0.272 e. The van der Waals surface area contributed by atoms with Crippen LogP contribution in [0.3, 0.4) is 0 Å². The average molecular weight is 316 g/mol. The van der Waals surface area contributed by atoms with Gasteiger partial charge in [0.1, 0.15) is 17.3 Å². The maximum atomic E-state index is 12.9. The van der Waals surface area contributed by atoms with E-state index in [1.165, 1.54) is 0 Å². The van der Waals surface area contributed by atoms with Crippen LogP contribution in [-0.2, 0) is 6.54 Å². The van der Waals surface area contributed by atoms with Gasteiger partial charge in [-0.25, -0.2) is 9.67 Å². The summed E-state index contributed by atoms with van der Waals surface area (Å²) in [7, 11) is 0. The number of aryl methyl sites for hydroxylation is 4. The number of aromatic nitrogens is 5. The third-order valence-electron chi connectivity index (χ3n) is 4.36. The molecule has 1 atom stereocenters. The first-order chi connectivity index (χ1) is 11.0. The molecule has 0 bridgehead atoms. The second kappa shape index (κ2) is 6.14. The minimum Gasteiger partial charge on any atom is -0.335 e. The van der Waals surface area contributed by atoms with Crippen molar-refractivity contribution in [1.82, 2.24) is 29.4 Å². The van der Waals surface area contributed by atoms with Gasteiger partial charge in [0.05, 0.1) is 11.7 Å². The van der Waals surface area contributed by atoms with Crippen LogP contribution >= 0.6 is 0 Å². The predicted molar refractivity (Wildman–Crippen MR) is 86.3 cm³/mol. The minimum atomic E-state index is 0.0617. The second-order valence-electron chi connectivity index (χ2n) is 6.18. The summed E-state index contributed by atoms with van der Waals surface area (Å²) in [5.41, 5.74) is 1.56. The van der Waals surface area contributed by atoms with E-state index in [0.717, 1.165) is 36.7 Å². The molecule has 0 radical (unpaired) electrons. The largest absolute Gasteiger partial charge is 0.335 e. The van der Waals surface area contributed by atoms with Gasteiger partial charge in [-0.05, 0) is 46.6 Å². The number of hydrogen-bond acceptors (Lipinski definition) is 4. The monoisotopic (exact) mass is 316 g/mol. The van der Waals surface area contributed by atoms with Crippen molar-refractivity contribution in [3.05, 3.63) is 29.1 Å². The highest BCUT2D eigenvalue weighted by Crippen LogP contribution is 2.23. The van der Waals surface area contributed by atoms with Gasteiger partial charge in [-0.15, -0.1) is 0 Å². The molecule has 7 heteroatoms. The standard InChI is InChI=1S/C16H24N6O/c1-5-21-15(9-11(2)18-21)16(23)20-8-6-7-14(10-20)22-13(4)17-12(3)19-22/h9,14H,5-8,10H2,1-4H3/t14-/m0/s1. The fourth-order valence-electron chi connectivity index (χ4n) is 3.34. The Balaban J connectivity index is 1.80. The van der Waals surface area contributed by atoms with Crippen LogP contribution in [0.1, 0.15) is 53.6 Å². The Hall–Kier alpha value is -2.18. The van der Waals surface area contributed by atoms with Crippen molar-refractivity contribution in [2.45, 2.75) is 53.1 Å². The number of nitrogens with zero attached hydrogens (tertiary/aromatic N) is 6. The number of likely N-dealkylation sites (tertiary alicyclic amines) is 1. The number of rotatable bonds is 3. The van der Waals surface area contributed by atoms with Crippen molar-refractivity contribution in [3.63, 3.8) is 0 Å². The topological polar surface area (TPSA) is 68.8 Å². The van der Waals surface area contributed by atoms with Gasteiger partial charge in [0, 0.05) is 19.6 Å². The zero-order valence-electron chi connectivity index (χ0n) is 14.3. The second-order valence-corrected chi connectivity index (χ2v) is 6.18. The molecule has 0 aromatic carbocycles. The van der Waals surface area contributed by atoms with Crippen molar-refractivity contribution < 1.29 is 4.79 Å². The normalized spacial score (nSPS) is 18.4. The SMILES string of the molecule is CCn1nc(C)cc1C(=O)N1CCC[C@H](n2nc(C)nc2C)C1. The van der Waals surface area contributed by atoms with E-state index in [0.29, 0.717) is 18.8 Å². The van der Waals surface area contributed by atoms with Gasteiger partial charge in [-0.1, -0.05) is 0 Å². The molecule has 0 N–H and O–H groups in total. The molecule has 3 rings (SSSR count). The number of carbonyl (C=O) groups is 1. The number of carbonyl (C=O) groups excluding carboxylic acids is 1. The predicted octanol–water partition coefficient (Wildman–Crippen LogP) is 1.90. The first-order valence-electron chi connectivity index (χ1n) is 8.23. The molecule has 0 aliphatic carbocycles. The van der Waals surface area contributed by atoms with E-state index in [4.69, 9.17) is 0 Å². The van der Waals surface area contributed by atoms with Crippen LogP contribution < -0.4 is 0 Å². The summed E-state index contributed by atoms with van der Waals surface area (Å²) < 4.78 is 3.75. The van der Waals surface area contributed by atoms with E-state index in [1.807, 2.05) is 43.3 Å². The zero-order chi connectivity index (χ0) is 16.6. The molecule has 2 aromatic heterocycles. The lowest BCUT2D eigenvalue weighted by atomic mass is 10.1. The van der Waals surface area contributed by atoms with E-state index in [2.05, 4.69) is 15.2 Å². The fourth-order valence-corrected chi connectivity index (χ4v) is 3.34. The lowest BCUT2D eigenvalue weighted by Gasteiger charge is -2.33. The molecule has 1 aliphatic heterocycles. The van der Waals surface area contributed by atoms with Crippen LogP contribution in [0.5, 0.6) is 0 Å². The van der Waals surface area contributed by atoms with E-state index in [9.17, 15) is 4.79 Å². The van der Waals surface area contributed by atoms with Gasteiger partial charge < -0.3 is 4.90 Å². The van der Waals surface area contributed by atoms with Crippen LogP contribution in [0.15, 0.2) is 6.07 Å². The highest BCUT2D eigenvalue weighted by Gasteiger charge is 2.28. The molecule has 3 heterocycles. The number of amides is 1. The van der Waals surface area contributed by atoms with Gasteiger partial charge in [0.15, 0.2) is 0 Å². The van der Waals surface area contributed by atoms with E-state index in [1.54, 1.807) is 4.68 Å². The molecule has 0 unspecified atom stereocenters. The highest BCUT2D eigenvalue weighted by atomic mass is 16.2. The summed E-state index contributed by atoms with van der Waals surface area (Å²) in [5, 5.41) is 8.87. The first kappa shape index (κ1) is 15.7. The molecule has 0 saturated carbocycles. The average Bonchev–Trinajstić information content (AvgIpc) is 3.08. The molecule has 124 valence electrons. The maximum absolute atomic E-state index is 12.9. The zero-order valence-corrected chi connectivity index (χ0v) is 14.3. The van der Waals surface area contributed by atoms with Crippen molar-refractivity contribution in [2.24, 2.45) is 0 Å². The summed E-state index contributed by atoms with van der Waals surface area (Å²) in [5.74, 6) is 1.76. The molecular formula is C16H24N6O. The van der Waals surface area contributed by atoms with Crippen molar-refractivity contribution in [2.75, 3.05) is 13.1 Å². The molecule has 0 spiro atoms. The minimum absolute atomic E-state index is 0.0617. The van der Waals surface area contributed by atoms with Crippen LogP contribution in [0.4, 0.5) is 0 Å². The Labute approximate surface area is 136 Å². The Morgan fingerprint density at radius 3 is 2.74 bits per heavy atom. The summed E-state index contributed by atoms with van der Waals surface area (Å²) in [6, 6.07) is 2.08. The molecule has 23 heavy (non-hydrogen) atoms. The Morgan fingerprint density at radius 1 is 1.30 bits per heavy atom. The Morgan fingerprint density at radius 2 is 2.09 bits per heavy atom. The molecule has 1 saturated heterocycles. The lowest BCUT2D eigenvalue weighted by molar-refractivity contribution is 0.0658.